The third kappa shape index (κ3) is 4.19. The fourth-order valence-electron chi connectivity index (χ4n) is 3.20. The second-order valence-corrected chi connectivity index (χ2v) is 6.48. The Morgan fingerprint density at radius 2 is 2.00 bits per heavy atom. The molecule has 1 amide bonds. The first-order chi connectivity index (χ1) is 9.42. The van der Waals surface area contributed by atoms with Crippen molar-refractivity contribution >= 4 is 5.91 Å². The summed E-state index contributed by atoms with van der Waals surface area (Å²) in [4.78, 5) is 14.9. The Kier molecular flexibility index (Phi) is 6.96. The van der Waals surface area contributed by atoms with Crippen LogP contribution in [0, 0.1) is 17.8 Å². The molecule has 0 aromatic carbocycles. The Balaban J connectivity index is 2.77. The average molecular weight is 284 g/mol. The van der Waals surface area contributed by atoms with Crippen LogP contribution in [0.1, 0.15) is 47.0 Å². The van der Waals surface area contributed by atoms with Gasteiger partial charge in [0.25, 0.3) is 0 Å². The lowest BCUT2D eigenvalue weighted by Gasteiger charge is -2.40. The van der Waals surface area contributed by atoms with Crippen molar-refractivity contribution < 1.29 is 9.53 Å². The third-order valence-corrected chi connectivity index (χ3v) is 4.95. The molecule has 1 aliphatic carbocycles. The topological polar surface area (TPSA) is 55.6 Å². The smallest absolute Gasteiger partial charge is 0.226 e. The maximum Gasteiger partial charge on any atom is 0.226 e. The van der Waals surface area contributed by atoms with E-state index in [0.29, 0.717) is 25.0 Å². The van der Waals surface area contributed by atoms with Crippen molar-refractivity contribution in [3.8, 4) is 0 Å². The van der Waals surface area contributed by atoms with Gasteiger partial charge in [0, 0.05) is 31.7 Å². The zero-order valence-corrected chi connectivity index (χ0v) is 13.8. The minimum atomic E-state index is 0.0760. The van der Waals surface area contributed by atoms with E-state index >= 15 is 0 Å². The van der Waals surface area contributed by atoms with Gasteiger partial charge in [-0.3, -0.25) is 4.79 Å². The number of carbonyl (C=O) groups is 1. The van der Waals surface area contributed by atoms with Crippen LogP contribution in [-0.2, 0) is 9.53 Å². The molecular weight excluding hydrogens is 252 g/mol. The molecular formula is C16H32N2O2. The molecule has 4 heteroatoms. The van der Waals surface area contributed by atoms with E-state index in [1.54, 1.807) is 7.11 Å². The molecule has 0 saturated heterocycles. The van der Waals surface area contributed by atoms with Gasteiger partial charge in [-0.15, -0.1) is 0 Å². The summed E-state index contributed by atoms with van der Waals surface area (Å²) < 4.78 is 5.15. The van der Waals surface area contributed by atoms with Crippen LogP contribution in [0.5, 0.6) is 0 Å². The Morgan fingerprint density at radius 3 is 2.55 bits per heavy atom. The predicted octanol–water partition coefficient (Wildman–Crippen LogP) is 2.27. The predicted molar refractivity (Wildman–Crippen MR) is 82.4 cm³/mol. The zero-order valence-electron chi connectivity index (χ0n) is 13.8. The molecule has 5 unspecified atom stereocenters. The molecule has 1 fully saturated rings. The van der Waals surface area contributed by atoms with Crippen LogP contribution in [0.2, 0.25) is 0 Å². The van der Waals surface area contributed by atoms with Crippen molar-refractivity contribution in [1.29, 1.82) is 0 Å². The third-order valence-electron chi connectivity index (χ3n) is 4.95. The second-order valence-electron chi connectivity index (χ2n) is 6.48. The summed E-state index contributed by atoms with van der Waals surface area (Å²) in [5.74, 6) is 1.29. The summed E-state index contributed by atoms with van der Waals surface area (Å²) in [6.45, 7) is 9.90. The summed E-state index contributed by atoms with van der Waals surface area (Å²) in [6, 6.07) is 0.418. The minimum absolute atomic E-state index is 0.0760. The fourth-order valence-corrected chi connectivity index (χ4v) is 3.20. The van der Waals surface area contributed by atoms with Gasteiger partial charge in [0.1, 0.15) is 0 Å². The minimum Gasteiger partial charge on any atom is -0.383 e. The van der Waals surface area contributed by atoms with Crippen LogP contribution >= 0.6 is 0 Å². The molecule has 1 rings (SSSR count). The highest BCUT2D eigenvalue weighted by atomic mass is 16.5. The first-order valence-electron chi connectivity index (χ1n) is 7.97. The highest BCUT2D eigenvalue weighted by Gasteiger charge is 2.37. The van der Waals surface area contributed by atoms with Crippen LogP contribution < -0.4 is 5.73 Å². The largest absolute Gasteiger partial charge is 0.383 e. The van der Waals surface area contributed by atoms with Gasteiger partial charge in [-0.25, -0.2) is 0 Å². The molecule has 0 aromatic heterocycles. The van der Waals surface area contributed by atoms with Crippen LogP contribution in [0.4, 0.5) is 0 Å². The van der Waals surface area contributed by atoms with Gasteiger partial charge >= 0.3 is 0 Å². The monoisotopic (exact) mass is 284 g/mol. The highest BCUT2D eigenvalue weighted by Crippen LogP contribution is 2.34. The van der Waals surface area contributed by atoms with E-state index in [1.807, 2.05) is 4.90 Å². The lowest BCUT2D eigenvalue weighted by Crippen LogP contribution is -2.49. The standard InChI is InChI=1S/C16H32N2O2/c1-6-13(4)18(7-8-20-5)16(19)14-10-15(17)12(3)9-11(14)2/h11-15H,6-10,17H2,1-5H3. The molecule has 2 N–H and O–H groups in total. The number of rotatable bonds is 6. The van der Waals surface area contributed by atoms with Gasteiger partial charge in [-0.2, -0.15) is 0 Å². The van der Waals surface area contributed by atoms with Crippen LogP contribution in [0.3, 0.4) is 0 Å². The molecule has 0 aromatic rings. The van der Waals surface area contributed by atoms with Gasteiger partial charge in [-0.1, -0.05) is 20.8 Å². The molecule has 1 aliphatic rings. The molecule has 0 bridgehead atoms. The SMILES string of the molecule is CCC(C)N(CCOC)C(=O)C1CC(N)C(C)CC1C. The molecule has 0 radical (unpaired) electrons. The lowest BCUT2D eigenvalue weighted by atomic mass is 9.72. The molecule has 20 heavy (non-hydrogen) atoms. The van der Waals surface area contributed by atoms with Gasteiger partial charge in [-0.05, 0) is 38.0 Å². The first kappa shape index (κ1) is 17.4. The molecule has 118 valence electrons. The molecule has 0 spiro atoms. The molecule has 0 aliphatic heterocycles. The second kappa shape index (κ2) is 7.99. The van der Waals surface area contributed by atoms with E-state index in [1.165, 1.54) is 0 Å². The van der Waals surface area contributed by atoms with Gasteiger partial charge < -0.3 is 15.4 Å². The van der Waals surface area contributed by atoms with E-state index in [0.717, 1.165) is 19.3 Å². The van der Waals surface area contributed by atoms with Crippen molar-refractivity contribution in [3.63, 3.8) is 0 Å². The number of ether oxygens (including phenoxy) is 1. The number of methoxy groups -OCH3 is 1. The molecule has 5 atom stereocenters. The first-order valence-corrected chi connectivity index (χ1v) is 7.97. The summed E-state index contributed by atoms with van der Waals surface area (Å²) in [6.07, 6.45) is 2.84. The number of amides is 1. The Bertz CT molecular complexity index is 305. The van der Waals surface area contributed by atoms with E-state index in [-0.39, 0.29) is 23.9 Å². The fraction of sp³-hybridized carbons (Fsp3) is 0.938. The van der Waals surface area contributed by atoms with Gasteiger partial charge in [0.2, 0.25) is 5.91 Å². The highest BCUT2D eigenvalue weighted by molar-refractivity contribution is 5.79. The molecule has 0 heterocycles. The normalized spacial score (nSPS) is 31.9. The quantitative estimate of drug-likeness (QED) is 0.814. The van der Waals surface area contributed by atoms with Gasteiger partial charge in [0.05, 0.1) is 6.61 Å². The number of carbonyl (C=O) groups excluding carboxylic acids is 1. The molecule has 4 nitrogen and oxygen atoms in total. The van der Waals surface area contributed by atoms with Crippen molar-refractivity contribution in [2.75, 3.05) is 20.3 Å². The number of nitrogens with two attached hydrogens (primary N) is 1. The summed E-state index contributed by atoms with van der Waals surface area (Å²) in [5, 5.41) is 0. The number of hydrogen-bond donors (Lipinski definition) is 1. The maximum atomic E-state index is 12.9. The van der Waals surface area contributed by atoms with E-state index in [9.17, 15) is 4.79 Å². The van der Waals surface area contributed by atoms with Crippen LogP contribution in [-0.4, -0.2) is 43.2 Å². The Labute approximate surface area is 124 Å². The maximum absolute atomic E-state index is 12.9. The molecule has 1 saturated carbocycles. The number of hydrogen-bond acceptors (Lipinski definition) is 3. The summed E-state index contributed by atoms with van der Waals surface area (Å²) in [5.41, 5.74) is 6.18. The number of nitrogens with zero attached hydrogens (tertiary/aromatic N) is 1. The lowest BCUT2D eigenvalue weighted by molar-refractivity contribution is -0.142. The van der Waals surface area contributed by atoms with Crippen LogP contribution in [0.15, 0.2) is 0 Å². The van der Waals surface area contributed by atoms with E-state index < -0.39 is 0 Å². The van der Waals surface area contributed by atoms with Crippen molar-refractivity contribution in [2.45, 2.75) is 59.0 Å². The Morgan fingerprint density at radius 1 is 1.35 bits per heavy atom. The summed E-state index contributed by atoms with van der Waals surface area (Å²) in [7, 11) is 1.68. The average Bonchev–Trinajstić information content (AvgIpc) is 2.42. The van der Waals surface area contributed by atoms with Crippen LogP contribution in [0.25, 0.3) is 0 Å². The summed E-state index contributed by atoms with van der Waals surface area (Å²) >= 11 is 0. The Hall–Kier alpha value is -0.610. The van der Waals surface area contributed by atoms with Crippen molar-refractivity contribution in [2.24, 2.45) is 23.5 Å². The van der Waals surface area contributed by atoms with Crippen molar-refractivity contribution in [3.05, 3.63) is 0 Å². The van der Waals surface area contributed by atoms with E-state index in [2.05, 4.69) is 27.7 Å². The van der Waals surface area contributed by atoms with Crippen molar-refractivity contribution in [1.82, 2.24) is 4.90 Å². The zero-order chi connectivity index (χ0) is 15.3. The van der Waals surface area contributed by atoms with Gasteiger partial charge in [0.15, 0.2) is 0 Å². The van der Waals surface area contributed by atoms with E-state index in [4.69, 9.17) is 10.5 Å².